The van der Waals surface area contributed by atoms with Gasteiger partial charge < -0.3 is 24.6 Å². The van der Waals surface area contributed by atoms with Crippen LogP contribution in [0.5, 0.6) is 11.5 Å². The van der Waals surface area contributed by atoms with Crippen LogP contribution in [-0.4, -0.2) is 68.8 Å². The van der Waals surface area contributed by atoms with Crippen LogP contribution in [0.1, 0.15) is 65.4 Å². The third kappa shape index (κ3) is 5.64. The monoisotopic (exact) mass is 561 g/mol. The standard InChI is InChI=1S/C26H35N5O4.BrH/c1-9-35-20-12-16-13-31(24(27)21(16)29-22(20)25(33)28-5)14-19(32)15-10-17(26(2,3)4)23(34-8)18(11-15)30(6)7;/h10-12,27H,9,13-14H2,1-8H3,(H,28,33);1H. The highest BCUT2D eigenvalue weighted by Crippen LogP contribution is 2.39. The molecule has 1 aliphatic heterocycles. The third-order valence-electron chi connectivity index (χ3n) is 5.93. The highest BCUT2D eigenvalue weighted by atomic mass is 79.9. The van der Waals surface area contributed by atoms with E-state index in [9.17, 15) is 9.59 Å². The highest BCUT2D eigenvalue weighted by Gasteiger charge is 2.32. The van der Waals surface area contributed by atoms with E-state index in [0.29, 0.717) is 30.2 Å². The van der Waals surface area contributed by atoms with Gasteiger partial charge in [-0.15, -0.1) is 17.0 Å². The number of ketones is 1. The summed E-state index contributed by atoms with van der Waals surface area (Å²) in [5.41, 5.74) is 3.34. The first-order chi connectivity index (χ1) is 16.4. The molecule has 1 amide bonds. The molecule has 0 aliphatic carbocycles. The Morgan fingerprint density at radius 1 is 1.22 bits per heavy atom. The maximum Gasteiger partial charge on any atom is 0.273 e. The summed E-state index contributed by atoms with van der Waals surface area (Å²) >= 11 is 0. The number of carbonyl (C=O) groups excluding carboxylic acids is 2. The minimum absolute atomic E-state index is 0. The molecule has 0 saturated heterocycles. The normalized spacial score (nSPS) is 12.6. The van der Waals surface area contributed by atoms with Crippen LogP contribution in [0.4, 0.5) is 5.69 Å². The number of amides is 1. The SMILES string of the molecule is Br.CCOc1cc2c(nc1C(=O)NC)C(=N)N(CC(=O)c1cc(N(C)C)c(OC)c(C(C)(C)C)c1)C2. The van der Waals surface area contributed by atoms with Crippen molar-refractivity contribution in [1.82, 2.24) is 15.2 Å². The van der Waals surface area contributed by atoms with Crippen LogP contribution in [0.25, 0.3) is 0 Å². The molecule has 1 aromatic carbocycles. The number of methoxy groups -OCH3 is 1. The van der Waals surface area contributed by atoms with E-state index in [2.05, 4.69) is 31.1 Å². The van der Waals surface area contributed by atoms with E-state index in [1.165, 1.54) is 7.05 Å². The van der Waals surface area contributed by atoms with Gasteiger partial charge >= 0.3 is 0 Å². The van der Waals surface area contributed by atoms with E-state index in [4.69, 9.17) is 14.9 Å². The van der Waals surface area contributed by atoms with Crippen LogP contribution >= 0.6 is 17.0 Å². The average Bonchev–Trinajstić information content (AvgIpc) is 3.10. The number of carbonyl (C=O) groups is 2. The van der Waals surface area contributed by atoms with Crippen LogP contribution in [0.3, 0.4) is 0 Å². The van der Waals surface area contributed by atoms with Crippen molar-refractivity contribution in [3.63, 3.8) is 0 Å². The molecule has 0 unspecified atom stereocenters. The van der Waals surface area contributed by atoms with Gasteiger partial charge in [-0.05, 0) is 30.5 Å². The Balaban J connectivity index is 0.00000456. The first kappa shape index (κ1) is 29.1. The zero-order chi connectivity index (χ0) is 26.1. The Morgan fingerprint density at radius 3 is 2.42 bits per heavy atom. The summed E-state index contributed by atoms with van der Waals surface area (Å²) < 4.78 is 11.3. The number of ether oxygens (including phenoxy) is 2. The molecule has 36 heavy (non-hydrogen) atoms. The first-order valence-corrected chi connectivity index (χ1v) is 11.6. The molecule has 10 heteroatoms. The van der Waals surface area contributed by atoms with E-state index < -0.39 is 0 Å². The highest BCUT2D eigenvalue weighted by molar-refractivity contribution is 8.93. The molecular formula is C26H36BrN5O4. The number of benzene rings is 1. The number of halogens is 1. The first-order valence-electron chi connectivity index (χ1n) is 11.6. The van der Waals surface area contributed by atoms with Crippen LogP contribution in [0.15, 0.2) is 18.2 Å². The van der Waals surface area contributed by atoms with Crippen molar-refractivity contribution in [2.75, 3.05) is 46.3 Å². The lowest BCUT2D eigenvalue weighted by Gasteiger charge is -2.27. The van der Waals surface area contributed by atoms with E-state index in [-0.39, 0.29) is 52.2 Å². The summed E-state index contributed by atoms with van der Waals surface area (Å²) in [7, 11) is 6.98. The van der Waals surface area contributed by atoms with Gasteiger partial charge in [-0.3, -0.25) is 15.0 Å². The smallest absolute Gasteiger partial charge is 0.273 e. The Kier molecular flexibility index (Phi) is 9.12. The minimum Gasteiger partial charge on any atom is -0.494 e. The molecular weight excluding hydrogens is 526 g/mol. The average molecular weight is 563 g/mol. The predicted molar refractivity (Wildman–Crippen MR) is 147 cm³/mol. The fraction of sp³-hybridized carbons (Fsp3) is 0.462. The van der Waals surface area contributed by atoms with Crippen LogP contribution < -0.4 is 19.7 Å². The van der Waals surface area contributed by atoms with Crippen LogP contribution in [-0.2, 0) is 12.0 Å². The van der Waals surface area contributed by atoms with E-state index in [1.807, 2.05) is 38.1 Å². The van der Waals surface area contributed by atoms with Crippen molar-refractivity contribution in [2.45, 2.75) is 39.7 Å². The quantitative estimate of drug-likeness (QED) is 0.471. The number of rotatable bonds is 8. The Hall–Kier alpha value is -3.14. The lowest BCUT2D eigenvalue weighted by molar-refractivity contribution is 0.0949. The molecule has 196 valence electrons. The molecule has 0 saturated carbocycles. The van der Waals surface area contributed by atoms with Gasteiger partial charge in [0.15, 0.2) is 17.2 Å². The van der Waals surface area contributed by atoms with Gasteiger partial charge in [-0.25, -0.2) is 4.98 Å². The van der Waals surface area contributed by atoms with Gasteiger partial charge in [0.2, 0.25) is 0 Å². The summed E-state index contributed by atoms with van der Waals surface area (Å²) in [6, 6.07) is 5.46. The molecule has 0 atom stereocenters. The molecule has 2 aromatic rings. The topological polar surface area (TPSA) is 108 Å². The van der Waals surface area contributed by atoms with Crippen LogP contribution in [0, 0.1) is 5.41 Å². The number of fused-ring (bicyclic) bond motifs is 1. The second kappa shape index (κ2) is 11.3. The van der Waals surface area contributed by atoms with Crippen molar-refractivity contribution >= 4 is 40.2 Å². The van der Waals surface area contributed by atoms with Gasteiger partial charge in [0, 0.05) is 44.4 Å². The van der Waals surface area contributed by atoms with Gasteiger partial charge in [0.05, 0.1) is 25.9 Å². The van der Waals surface area contributed by atoms with Gasteiger partial charge in [-0.2, -0.15) is 0 Å². The van der Waals surface area contributed by atoms with E-state index in [0.717, 1.165) is 22.6 Å². The summed E-state index contributed by atoms with van der Waals surface area (Å²) in [5, 5.41) is 11.2. The molecule has 0 fully saturated rings. The maximum absolute atomic E-state index is 13.4. The molecule has 9 nitrogen and oxygen atoms in total. The number of Topliss-reactive ketones (excluding diaryl/α,β-unsaturated/α-hetero) is 1. The van der Waals surface area contributed by atoms with Crippen molar-refractivity contribution < 1.29 is 19.1 Å². The largest absolute Gasteiger partial charge is 0.494 e. The van der Waals surface area contributed by atoms with E-state index in [1.54, 1.807) is 18.1 Å². The zero-order valence-electron chi connectivity index (χ0n) is 22.2. The van der Waals surface area contributed by atoms with Gasteiger partial charge in [0.1, 0.15) is 17.3 Å². The molecule has 2 N–H and O–H groups in total. The number of amidine groups is 1. The van der Waals surface area contributed by atoms with Crippen molar-refractivity contribution in [1.29, 1.82) is 5.41 Å². The van der Waals surface area contributed by atoms with Gasteiger partial charge in [0.25, 0.3) is 5.91 Å². The Bertz CT molecular complexity index is 1170. The molecule has 2 heterocycles. The zero-order valence-corrected chi connectivity index (χ0v) is 23.9. The maximum atomic E-state index is 13.4. The fourth-order valence-corrected chi connectivity index (χ4v) is 4.12. The summed E-state index contributed by atoms with van der Waals surface area (Å²) in [4.78, 5) is 33.8. The molecule has 0 radical (unpaired) electrons. The predicted octanol–water partition coefficient (Wildman–Crippen LogP) is 3.81. The number of hydrogen-bond acceptors (Lipinski definition) is 7. The van der Waals surface area contributed by atoms with Crippen LogP contribution in [0.2, 0.25) is 0 Å². The third-order valence-corrected chi connectivity index (χ3v) is 5.93. The summed E-state index contributed by atoms with van der Waals surface area (Å²) in [6.45, 7) is 8.80. The summed E-state index contributed by atoms with van der Waals surface area (Å²) in [5.74, 6) is 0.721. The second-order valence-corrected chi connectivity index (χ2v) is 9.70. The molecule has 0 spiro atoms. The number of anilines is 1. The lowest BCUT2D eigenvalue weighted by atomic mass is 9.84. The van der Waals surface area contributed by atoms with E-state index >= 15 is 0 Å². The molecule has 3 rings (SSSR count). The summed E-state index contributed by atoms with van der Waals surface area (Å²) in [6.07, 6.45) is 0. The number of nitrogens with one attached hydrogen (secondary N) is 2. The molecule has 0 bridgehead atoms. The second-order valence-electron chi connectivity index (χ2n) is 9.70. The van der Waals surface area contributed by atoms with Crippen molar-refractivity contribution in [3.05, 3.63) is 46.3 Å². The minimum atomic E-state index is -0.386. The van der Waals surface area contributed by atoms with Crippen molar-refractivity contribution in [3.8, 4) is 11.5 Å². The Labute approximate surface area is 223 Å². The molecule has 1 aliphatic rings. The number of hydrogen-bond donors (Lipinski definition) is 2. The fourth-order valence-electron chi connectivity index (χ4n) is 4.12. The van der Waals surface area contributed by atoms with Crippen molar-refractivity contribution in [2.24, 2.45) is 0 Å². The van der Waals surface area contributed by atoms with Gasteiger partial charge in [-0.1, -0.05) is 20.8 Å². The number of nitrogens with zero attached hydrogens (tertiary/aromatic N) is 3. The number of aromatic nitrogens is 1. The molecule has 1 aromatic heterocycles. The Morgan fingerprint density at radius 2 is 1.89 bits per heavy atom. The number of pyridine rings is 1. The lowest BCUT2D eigenvalue weighted by Crippen LogP contribution is -2.31.